The van der Waals surface area contributed by atoms with Crippen LogP contribution in [0.2, 0.25) is 0 Å². The molecule has 0 heterocycles. The summed E-state index contributed by atoms with van der Waals surface area (Å²) in [6.45, 7) is 0. The Bertz CT molecular complexity index is 203. The first-order chi connectivity index (χ1) is 5.79. The van der Waals surface area contributed by atoms with Gasteiger partial charge in [0, 0.05) is 24.0 Å². The Morgan fingerprint density at radius 2 is 1.08 bits per heavy atom. The summed E-state index contributed by atoms with van der Waals surface area (Å²) in [7, 11) is 0. The van der Waals surface area contributed by atoms with Crippen molar-refractivity contribution < 1.29 is 19.2 Å². The molecule has 0 saturated heterocycles. The van der Waals surface area contributed by atoms with E-state index in [0.717, 1.165) is 0 Å². The summed E-state index contributed by atoms with van der Waals surface area (Å²) in [6, 6.07) is 0. The molecule has 0 aliphatic carbocycles. The summed E-state index contributed by atoms with van der Waals surface area (Å²) < 4.78 is 0. The minimum Gasteiger partial charge on any atom is -0.303 e. The summed E-state index contributed by atoms with van der Waals surface area (Å²) >= 11 is 0. The maximum absolute atomic E-state index is 10.3. The highest BCUT2D eigenvalue weighted by Gasteiger charge is 2.03. The van der Waals surface area contributed by atoms with Crippen LogP contribution in [0.1, 0.15) is 12.8 Å². The first kappa shape index (κ1) is 10.4. The van der Waals surface area contributed by atoms with Gasteiger partial charge in [0.15, 0.2) is 0 Å². The van der Waals surface area contributed by atoms with Crippen molar-refractivity contribution in [3.05, 3.63) is 11.1 Å². The molecule has 0 aromatic carbocycles. The molecule has 0 aromatic rings. The number of hydrogen-bond acceptors (Lipinski definition) is 4. The van der Waals surface area contributed by atoms with Gasteiger partial charge >= 0.3 is 0 Å². The van der Waals surface area contributed by atoms with Crippen LogP contribution >= 0.6 is 0 Å². The number of carbonyl (C=O) groups excluding carboxylic acids is 4. The average molecular weight is 168 g/mol. The summed E-state index contributed by atoms with van der Waals surface area (Å²) in [5, 5.41) is 0. The predicted octanol–water partition coefficient (Wildman–Crippen LogP) is -0.141. The van der Waals surface area contributed by atoms with Crippen molar-refractivity contribution in [1.82, 2.24) is 0 Å². The number of rotatable bonds is 6. The fraction of sp³-hybridized carbons (Fsp3) is 0.250. The number of carbonyl (C=O) groups is 4. The number of hydrogen-bond donors (Lipinski definition) is 0. The molecule has 4 nitrogen and oxygen atoms in total. The third-order valence-corrected chi connectivity index (χ3v) is 1.30. The molecule has 12 heavy (non-hydrogen) atoms. The molecular weight excluding hydrogens is 160 g/mol. The van der Waals surface area contributed by atoms with E-state index in [1.54, 1.807) is 0 Å². The van der Waals surface area contributed by atoms with E-state index in [1.807, 2.05) is 0 Å². The minimum absolute atomic E-state index is 0.0760. The van der Waals surface area contributed by atoms with Gasteiger partial charge in [-0.3, -0.25) is 9.59 Å². The van der Waals surface area contributed by atoms with E-state index in [1.165, 1.54) is 0 Å². The van der Waals surface area contributed by atoms with Crippen LogP contribution in [0.25, 0.3) is 0 Å². The monoisotopic (exact) mass is 168 g/mol. The fourth-order valence-corrected chi connectivity index (χ4v) is 0.689. The van der Waals surface area contributed by atoms with Gasteiger partial charge in [-0.1, -0.05) is 0 Å². The van der Waals surface area contributed by atoms with Crippen LogP contribution in [-0.2, 0) is 19.2 Å². The molecule has 0 saturated carbocycles. The minimum atomic E-state index is -0.120. The molecular formula is C8H8O4. The molecule has 0 unspecified atom stereocenters. The van der Waals surface area contributed by atoms with Crippen molar-refractivity contribution in [3.63, 3.8) is 0 Å². The molecule has 0 aliphatic heterocycles. The maximum atomic E-state index is 10.3. The summed E-state index contributed by atoms with van der Waals surface area (Å²) in [5.74, 6) is 0. The quantitative estimate of drug-likeness (QED) is 0.409. The van der Waals surface area contributed by atoms with Crippen molar-refractivity contribution in [2.75, 3.05) is 0 Å². The molecule has 64 valence electrons. The second-order valence-electron chi connectivity index (χ2n) is 2.03. The topological polar surface area (TPSA) is 68.3 Å². The SMILES string of the molecule is O=CCC(C=O)=C(C=O)CC=O. The Morgan fingerprint density at radius 1 is 0.750 bits per heavy atom. The second kappa shape index (κ2) is 6.15. The molecule has 0 aromatic heterocycles. The van der Waals surface area contributed by atoms with Gasteiger partial charge in [0.2, 0.25) is 0 Å². The van der Waals surface area contributed by atoms with Crippen LogP contribution in [0, 0.1) is 0 Å². The van der Waals surface area contributed by atoms with Crippen molar-refractivity contribution in [2.45, 2.75) is 12.8 Å². The van der Waals surface area contributed by atoms with Crippen LogP contribution in [0.5, 0.6) is 0 Å². The highest BCUT2D eigenvalue weighted by molar-refractivity contribution is 5.91. The third kappa shape index (κ3) is 3.01. The Hall–Kier alpha value is -1.58. The second-order valence-corrected chi connectivity index (χ2v) is 2.03. The molecule has 0 bridgehead atoms. The standard InChI is InChI=1S/C8H8O4/c9-3-1-7(5-11)8(6-12)2-4-10/h3-6H,1-2H2. The van der Waals surface area contributed by atoms with Gasteiger partial charge in [-0.15, -0.1) is 0 Å². The molecule has 0 N–H and O–H groups in total. The summed E-state index contributed by atoms with van der Waals surface area (Å²) in [5.41, 5.74) is 0.152. The van der Waals surface area contributed by atoms with Crippen molar-refractivity contribution in [2.24, 2.45) is 0 Å². The lowest BCUT2D eigenvalue weighted by atomic mass is 10.1. The molecule has 0 radical (unpaired) electrons. The summed E-state index contributed by atoms with van der Waals surface area (Å²) in [6.07, 6.45) is 1.62. The van der Waals surface area contributed by atoms with E-state index < -0.39 is 0 Å². The van der Waals surface area contributed by atoms with Gasteiger partial charge in [0.05, 0.1) is 0 Å². The first-order valence-corrected chi connectivity index (χ1v) is 3.29. The molecule has 0 fully saturated rings. The third-order valence-electron chi connectivity index (χ3n) is 1.30. The number of allylic oxidation sites excluding steroid dienone is 2. The Morgan fingerprint density at radius 3 is 1.25 bits per heavy atom. The first-order valence-electron chi connectivity index (χ1n) is 3.29. The van der Waals surface area contributed by atoms with Gasteiger partial charge in [0.25, 0.3) is 0 Å². The van der Waals surface area contributed by atoms with Crippen LogP contribution in [0.15, 0.2) is 11.1 Å². The molecule has 0 amide bonds. The normalized spacial score (nSPS) is 11.3. The lowest BCUT2D eigenvalue weighted by molar-refractivity contribution is -0.111. The van der Waals surface area contributed by atoms with Crippen LogP contribution in [0.4, 0.5) is 0 Å². The Balaban J connectivity index is 4.70. The molecule has 0 atom stereocenters. The fourth-order valence-electron chi connectivity index (χ4n) is 0.689. The van der Waals surface area contributed by atoms with Gasteiger partial charge in [-0.2, -0.15) is 0 Å². The predicted molar refractivity (Wildman–Crippen MR) is 40.5 cm³/mol. The lowest BCUT2D eigenvalue weighted by Gasteiger charge is -1.96. The van der Waals surface area contributed by atoms with Crippen molar-refractivity contribution >= 4 is 25.1 Å². The maximum Gasteiger partial charge on any atom is 0.146 e. The zero-order valence-electron chi connectivity index (χ0n) is 6.36. The Kier molecular flexibility index (Phi) is 5.34. The van der Waals surface area contributed by atoms with E-state index in [-0.39, 0.29) is 24.0 Å². The van der Waals surface area contributed by atoms with E-state index >= 15 is 0 Å². The lowest BCUT2D eigenvalue weighted by Crippen LogP contribution is -1.97. The van der Waals surface area contributed by atoms with Crippen LogP contribution in [-0.4, -0.2) is 25.1 Å². The molecule has 0 rings (SSSR count). The highest BCUT2D eigenvalue weighted by Crippen LogP contribution is 2.05. The Labute approximate surface area is 69.3 Å². The van der Waals surface area contributed by atoms with Crippen LogP contribution in [0.3, 0.4) is 0 Å². The zero-order chi connectivity index (χ0) is 9.40. The average Bonchev–Trinajstić information content (AvgIpc) is 2.11. The van der Waals surface area contributed by atoms with E-state index in [0.29, 0.717) is 25.1 Å². The van der Waals surface area contributed by atoms with Gasteiger partial charge in [-0.05, 0) is 0 Å². The van der Waals surface area contributed by atoms with Gasteiger partial charge < -0.3 is 9.59 Å². The zero-order valence-corrected chi connectivity index (χ0v) is 6.36. The highest BCUT2D eigenvalue weighted by atomic mass is 16.1. The number of aldehydes is 4. The molecule has 0 aliphatic rings. The van der Waals surface area contributed by atoms with Crippen LogP contribution < -0.4 is 0 Å². The van der Waals surface area contributed by atoms with Gasteiger partial charge in [0.1, 0.15) is 25.1 Å². The molecule has 0 spiro atoms. The largest absolute Gasteiger partial charge is 0.303 e. The van der Waals surface area contributed by atoms with E-state index in [4.69, 9.17) is 0 Å². The molecule has 4 heteroatoms. The van der Waals surface area contributed by atoms with E-state index in [2.05, 4.69) is 0 Å². The van der Waals surface area contributed by atoms with Crippen molar-refractivity contribution in [1.29, 1.82) is 0 Å². The van der Waals surface area contributed by atoms with E-state index in [9.17, 15) is 19.2 Å². The summed E-state index contributed by atoms with van der Waals surface area (Å²) in [4.78, 5) is 40.6. The van der Waals surface area contributed by atoms with Crippen molar-refractivity contribution in [3.8, 4) is 0 Å². The van der Waals surface area contributed by atoms with Gasteiger partial charge in [-0.25, -0.2) is 0 Å². The smallest absolute Gasteiger partial charge is 0.146 e.